The van der Waals surface area contributed by atoms with Crippen molar-refractivity contribution in [2.45, 2.75) is 44.3 Å². The fraction of sp³-hybridized carbons (Fsp3) is 0.438. The summed E-state index contributed by atoms with van der Waals surface area (Å²) in [4.78, 5) is 4.79. The van der Waals surface area contributed by atoms with Crippen molar-refractivity contribution < 1.29 is 15.3 Å². The Bertz CT molecular complexity index is 536. The van der Waals surface area contributed by atoms with Gasteiger partial charge in [-0.2, -0.15) is 0 Å². The van der Waals surface area contributed by atoms with Crippen molar-refractivity contribution in [3.8, 4) is 0 Å². The highest BCUT2D eigenvalue weighted by Gasteiger charge is 2.59. The zero-order valence-electron chi connectivity index (χ0n) is 12.1. The molecule has 0 aromatic heterocycles. The quantitative estimate of drug-likeness (QED) is 0.506. The summed E-state index contributed by atoms with van der Waals surface area (Å²) in [5, 5.41) is 21.4. The molecule has 1 aliphatic rings. The molecule has 3 nitrogen and oxygen atoms in total. The number of rotatable bonds is 4. The number of benzene rings is 1. The maximum Gasteiger partial charge on any atom is 0.134 e. The Kier molecular flexibility index (Phi) is 4.17. The summed E-state index contributed by atoms with van der Waals surface area (Å²) in [7, 11) is 0.765. The Morgan fingerprint density at radius 2 is 1.90 bits per heavy atom. The van der Waals surface area contributed by atoms with E-state index in [4.69, 9.17) is 4.89 Å². The van der Waals surface area contributed by atoms with Gasteiger partial charge in [-0.15, -0.1) is 0 Å². The highest BCUT2D eigenvalue weighted by atomic mass is 31.1. The van der Waals surface area contributed by atoms with Crippen molar-refractivity contribution in [3.05, 3.63) is 46.8 Å². The van der Waals surface area contributed by atoms with Gasteiger partial charge >= 0.3 is 0 Å². The van der Waals surface area contributed by atoms with Gasteiger partial charge in [-0.05, 0) is 31.4 Å². The van der Waals surface area contributed by atoms with Crippen LogP contribution in [0, 0.1) is 0 Å². The second kappa shape index (κ2) is 5.42. The molecule has 2 unspecified atom stereocenters. The van der Waals surface area contributed by atoms with E-state index in [0.29, 0.717) is 6.42 Å². The molecule has 1 aromatic carbocycles. The summed E-state index contributed by atoms with van der Waals surface area (Å²) >= 11 is 0. The van der Waals surface area contributed by atoms with Gasteiger partial charge in [0.25, 0.3) is 0 Å². The molecule has 1 aromatic rings. The van der Waals surface area contributed by atoms with Gasteiger partial charge in [0.2, 0.25) is 0 Å². The molecule has 0 saturated carbocycles. The lowest BCUT2D eigenvalue weighted by atomic mass is 9.68. The maximum atomic E-state index is 11.1. The van der Waals surface area contributed by atoms with Crippen LogP contribution in [0.1, 0.15) is 32.8 Å². The van der Waals surface area contributed by atoms with Crippen molar-refractivity contribution in [1.29, 1.82) is 0 Å². The average molecular weight is 292 g/mol. The van der Waals surface area contributed by atoms with E-state index in [2.05, 4.69) is 6.30 Å². The molecule has 4 heteroatoms. The van der Waals surface area contributed by atoms with Crippen LogP contribution in [-0.4, -0.2) is 28.4 Å². The summed E-state index contributed by atoms with van der Waals surface area (Å²) < 4.78 is 0. The Morgan fingerprint density at radius 3 is 2.35 bits per heavy atom. The molecule has 20 heavy (non-hydrogen) atoms. The average Bonchev–Trinajstić information content (AvgIpc) is 2.63. The van der Waals surface area contributed by atoms with Crippen molar-refractivity contribution in [3.63, 3.8) is 0 Å². The SMILES string of the molecule is C=PC1=C(CC)[C@](C)(O)C(C)(c2ccccc2)C1OO. The minimum Gasteiger partial charge on any atom is -0.385 e. The van der Waals surface area contributed by atoms with Crippen LogP contribution in [-0.2, 0) is 10.3 Å². The third-order valence-corrected chi connectivity index (χ3v) is 5.53. The van der Waals surface area contributed by atoms with E-state index in [1.54, 1.807) is 6.92 Å². The first kappa shape index (κ1) is 15.4. The van der Waals surface area contributed by atoms with E-state index in [-0.39, 0.29) is 0 Å². The summed E-state index contributed by atoms with van der Waals surface area (Å²) in [6, 6.07) is 9.70. The van der Waals surface area contributed by atoms with Gasteiger partial charge in [0.15, 0.2) is 0 Å². The summed E-state index contributed by atoms with van der Waals surface area (Å²) in [6.07, 6.45) is 4.01. The van der Waals surface area contributed by atoms with Gasteiger partial charge < -0.3 is 5.11 Å². The lowest BCUT2D eigenvalue weighted by Crippen LogP contribution is -2.51. The molecule has 0 amide bonds. The molecule has 0 saturated heterocycles. The molecule has 0 radical (unpaired) electrons. The minimum atomic E-state index is -1.09. The fourth-order valence-corrected chi connectivity index (χ4v) is 4.36. The third-order valence-electron chi connectivity index (χ3n) is 4.68. The predicted octanol–water partition coefficient (Wildman–Crippen LogP) is 3.61. The molecule has 1 aliphatic carbocycles. The van der Waals surface area contributed by atoms with Gasteiger partial charge in [0.1, 0.15) is 6.10 Å². The highest BCUT2D eigenvalue weighted by molar-refractivity contribution is 7.41. The van der Waals surface area contributed by atoms with Gasteiger partial charge in [0, 0.05) is 5.31 Å². The van der Waals surface area contributed by atoms with Crippen LogP contribution in [0.25, 0.3) is 0 Å². The van der Waals surface area contributed by atoms with Crippen molar-refractivity contribution in [2.75, 3.05) is 0 Å². The lowest BCUT2D eigenvalue weighted by molar-refractivity contribution is -0.286. The Morgan fingerprint density at radius 1 is 1.30 bits per heavy atom. The van der Waals surface area contributed by atoms with E-state index in [1.807, 2.05) is 44.2 Å². The Hall–Kier alpha value is -0.990. The number of aliphatic hydroxyl groups is 1. The zero-order chi connectivity index (χ0) is 15.0. The highest BCUT2D eigenvalue weighted by Crippen LogP contribution is 2.55. The van der Waals surface area contributed by atoms with Gasteiger partial charge in [-0.3, -0.25) is 5.26 Å². The fourth-order valence-electron chi connectivity index (χ4n) is 3.33. The molecule has 108 valence electrons. The summed E-state index contributed by atoms with van der Waals surface area (Å²) in [5.74, 6) is 0. The van der Waals surface area contributed by atoms with Gasteiger partial charge in [-0.25, -0.2) is 4.89 Å². The minimum absolute atomic E-state index is 0.589. The smallest absolute Gasteiger partial charge is 0.134 e. The molecular formula is C16H21O3P. The molecule has 0 aliphatic heterocycles. The molecule has 2 rings (SSSR count). The lowest BCUT2D eigenvalue weighted by Gasteiger charge is -2.41. The van der Waals surface area contributed by atoms with Gasteiger partial charge in [0.05, 0.1) is 11.0 Å². The third kappa shape index (κ3) is 1.89. The summed E-state index contributed by atoms with van der Waals surface area (Å²) in [6.45, 7) is 5.72. The summed E-state index contributed by atoms with van der Waals surface area (Å²) in [5.41, 5.74) is 0.0125. The Balaban J connectivity index is 2.68. The van der Waals surface area contributed by atoms with Crippen LogP contribution in [0.3, 0.4) is 0 Å². The van der Waals surface area contributed by atoms with E-state index in [0.717, 1.165) is 24.7 Å². The first-order valence-corrected chi connectivity index (χ1v) is 7.81. The molecule has 0 heterocycles. The monoisotopic (exact) mass is 292 g/mol. The molecule has 2 N–H and O–H groups in total. The van der Waals surface area contributed by atoms with E-state index < -0.39 is 17.1 Å². The first-order chi connectivity index (χ1) is 9.45. The van der Waals surface area contributed by atoms with Crippen LogP contribution in [0.5, 0.6) is 0 Å². The van der Waals surface area contributed by atoms with E-state index in [1.165, 1.54) is 0 Å². The second-order valence-electron chi connectivity index (χ2n) is 5.50. The van der Waals surface area contributed by atoms with Crippen LogP contribution < -0.4 is 0 Å². The second-order valence-corrected chi connectivity index (χ2v) is 6.30. The molecule has 0 bridgehead atoms. The predicted molar refractivity (Wildman–Crippen MR) is 83.3 cm³/mol. The Labute approximate surface area is 121 Å². The van der Waals surface area contributed by atoms with Crippen molar-refractivity contribution in [2.24, 2.45) is 0 Å². The van der Waals surface area contributed by atoms with E-state index in [9.17, 15) is 10.4 Å². The largest absolute Gasteiger partial charge is 0.385 e. The van der Waals surface area contributed by atoms with Crippen molar-refractivity contribution >= 4 is 14.5 Å². The maximum absolute atomic E-state index is 11.1. The number of hydrogen-bond acceptors (Lipinski definition) is 3. The normalized spacial score (nSPS) is 34.0. The standard InChI is InChI=1S/C16H21O3P/c1-5-12-13(20-4)14(19-18)15(2,16(12,3)17)11-9-7-6-8-10-11/h6-10,14,17-18H,4-5H2,1-3H3/t14?,15?,16-/m0/s1. The number of hydrogen-bond donors (Lipinski definition) is 2. The first-order valence-electron chi connectivity index (χ1n) is 6.73. The zero-order valence-corrected chi connectivity index (χ0v) is 13.0. The van der Waals surface area contributed by atoms with Crippen LogP contribution in [0.2, 0.25) is 0 Å². The molecular weight excluding hydrogens is 271 g/mol. The van der Waals surface area contributed by atoms with Crippen LogP contribution in [0.4, 0.5) is 0 Å². The topological polar surface area (TPSA) is 49.7 Å². The molecule has 0 fully saturated rings. The molecule has 0 spiro atoms. The van der Waals surface area contributed by atoms with E-state index >= 15 is 0 Å². The molecule has 3 atom stereocenters. The van der Waals surface area contributed by atoms with Crippen LogP contribution in [0.15, 0.2) is 41.2 Å². The van der Waals surface area contributed by atoms with Crippen LogP contribution >= 0.6 is 8.20 Å². The van der Waals surface area contributed by atoms with Crippen molar-refractivity contribution in [1.82, 2.24) is 0 Å². The van der Waals surface area contributed by atoms with Gasteiger partial charge in [-0.1, -0.05) is 51.8 Å².